The summed E-state index contributed by atoms with van der Waals surface area (Å²) in [7, 11) is 1.15. The van der Waals surface area contributed by atoms with Gasteiger partial charge in [-0.05, 0) is 42.1 Å². The summed E-state index contributed by atoms with van der Waals surface area (Å²) >= 11 is 0.839. The molecule has 1 amide bonds. The summed E-state index contributed by atoms with van der Waals surface area (Å²) < 4.78 is 43.7. The van der Waals surface area contributed by atoms with Crippen molar-refractivity contribution in [2.45, 2.75) is 6.18 Å². The fourth-order valence-electron chi connectivity index (χ4n) is 2.28. The van der Waals surface area contributed by atoms with Crippen molar-refractivity contribution in [2.24, 2.45) is 4.99 Å². The van der Waals surface area contributed by atoms with Crippen molar-refractivity contribution in [1.29, 1.82) is 0 Å². The smallest absolute Gasteiger partial charge is 0.416 e. The summed E-state index contributed by atoms with van der Waals surface area (Å²) in [6, 6.07) is 9.20. The van der Waals surface area contributed by atoms with Gasteiger partial charge in [0.25, 0.3) is 5.91 Å². The van der Waals surface area contributed by atoms with Crippen LogP contribution >= 0.6 is 11.8 Å². The molecule has 0 bridgehead atoms. The number of hydrogen-bond acceptors (Lipinski definition) is 6. The van der Waals surface area contributed by atoms with Crippen molar-refractivity contribution < 1.29 is 27.5 Å². The summed E-state index contributed by atoms with van der Waals surface area (Å²) in [4.78, 5) is 33.5. The third kappa shape index (κ3) is 4.22. The van der Waals surface area contributed by atoms with E-state index in [1.165, 1.54) is 18.3 Å². The lowest BCUT2D eigenvalue weighted by Gasteiger charge is -2.17. The number of methoxy groups -OCH3 is 1. The van der Waals surface area contributed by atoms with Crippen LogP contribution in [-0.2, 0) is 20.5 Å². The number of esters is 1. The molecule has 0 saturated carbocycles. The highest BCUT2D eigenvalue weighted by Gasteiger charge is 2.37. The van der Waals surface area contributed by atoms with Gasteiger partial charge in [-0.3, -0.25) is 9.69 Å². The predicted octanol–water partition coefficient (Wildman–Crippen LogP) is 3.92. The van der Waals surface area contributed by atoms with Crippen molar-refractivity contribution >= 4 is 40.3 Å². The van der Waals surface area contributed by atoms with E-state index in [4.69, 9.17) is 0 Å². The van der Waals surface area contributed by atoms with Crippen LogP contribution in [0, 0.1) is 0 Å². The number of anilines is 1. The molecule has 0 atom stereocenters. The average molecular weight is 407 g/mol. The predicted molar refractivity (Wildman–Crippen MR) is 98.0 cm³/mol. The molecule has 10 heteroatoms. The highest BCUT2D eigenvalue weighted by Crippen LogP contribution is 2.38. The van der Waals surface area contributed by atoms with Crippen molar-refractivity contribution in [3.63, 3.8) is 0 Å². The van der Waals surface area contributed by atoms with E-state index in [0.29, 0.717) is 0 Å². The average Bonchev–Trinajstić information content (AvgIpc) is 2.96. The molecule has 28 heavy (non-hydrogen) atoms. The molecule has 1 aliphatic rings. The third-order valence-corrected chi connectivity index (χ3v) is 4.52. The standard InChI is InChI=1S/C18H12F3N3O3S/c1-27-15(25)10-13-16(26)24(12-6-4-5-11(9-12)18(19,20)21)17(28-13)23-14-7-2-3-8-22-14/h2-10H,1H3/b13-10-,23-17?. The van der Waals surface area contributed by atoms with E-state index in [-0.39, 0.29) is 21.6 Å². The van der Waals surface area contributed by atoms with Gasteiger partial charge in [-0.15, -0.1) is 0 Å². The first-order chi connectivity index (χ1) is 13.3. The topological polar surface area (TPSA) is 71.9 Å². The number of nitrogens with zero attached hydrogens (tertiary/aromatic N) is 3. The van der Waals surface area contributed by atoms with Crippen LogP contribution < -0.4 is 4.90 Å². The molecule has 6 nitrogen and oxygen atoms in total. The molecule has 1 aromatic heterocycles. The van der Waals surface area contributed by atoms with Gasteiger partial charge >= 0.3 is 12.1 Å². The molecule has 1 aliphatic heterocycles. The fraction of sp³-hybridized carbons (Fsp3) is 0.111. The summed E-state index contributed by atoms with van der Waals surface area (Å²) in [5.41, 5.74) is -0.944. The first-order valence-corrected chi connectivity index (χ1v) is 8.60. The minimum atomic E-state index is -4.57. The number of ether oxygens (including phenoxy) is 1. The normalized spacial score (nSPS) is 17.4. The van der Waals surface area contributed by atoms with E-state index in [1.807, 2.05) is 0 Å². The molecule has 144 valence electrons. The number of carbonyl (C=O) groups is 2. The zero-order valence-corrected chi connectivity index (χ0v) is 15.1. The number of benzene rings is 1. The Morgan fingerprint density at radius 3 is 2.68 bits per heavy atom. The number of amides is 1. The molecule has 1 saturated heterocycles. The molecule has 1 aromatic carbocycles. The lowest BCUT2D eigenvalue weighted by molar-refractivity contribution is -0.137. The Bertz CT molecular complexity index is 975. The Hall–Kier alpha value is -3.14. The number of pyridine rings is 1. The van der Waals surface area contributed by atoms with Crippen molar-refractivity contribution in [1.82, 2.24) is 4.98 Å². The number of amidine groups is 1. The van der Waals surface area contributed by atoms with E-state index in [2.05, 4.69) is 14.7 Å². The number of aromatic nitrogens is 1. The Balaban J connectivity index is 2.09. The zero-order valence-electron chi connectivity index (χ0n) is 14.3. The van der Waals surface area contributed by atoms with Gasteiger partial charge in [0.05, 0.1) is 23.3 Å². The van der Waals surface area contributed by atoms with E-state index in [9.17, 15) is 22.8 Å². The molecule has 1 fully saturated rings. The maximum absolute atomic E-state index is 13.1. The van der Waals surface area contributed by atoms with Gasteiger partial charge in [0.15, 0.2) is 11.0 Å². The Morgan fingerprint density at radius 1 is 1.25 bits per heavy atom. The van der Waals surface area contributed by atoms with Gasteiger partial charge in [0.1, 0.15) is 0 Å². The Labute approximate surface area is 161 Å². The lowest BCUT2D eigenvalue weighted by Crippen LogP contribution is -2.29. The number of rotatable bonds is 3. The number of halogens is 3. The number of carbonyl (C=O) groups excluding carboxylic acids is 2. The van der Waals surface area contributed by atoms with Crippen LogP contribution in [0.1, 0.15) is 5.56 Å². The van der Waals surface area contributed by atoms with Crippen LogP contribution in [0.25, 0.3) is 0 Å². The third-order valence-electron chi connectivity index (χ3n) is 3.55. The molecule has 0 spiro atoms. The minimum absolute atomic E-state index is 0.0288. The second-order valence-electron chi connectivity index (χ2n) is 5.40. The fourth-order valence-corrected chi connectivity index (χ4v) is 3.23. The summed E-state index contributed by atoms with van der Waals surface area (Å²) in [6.45, 7) is 0. The first-order valence-electron chi connectivity index (χ1n) is 7.78. The summed E-state index contributed by atoms with van der Waals surface area (Å²) in [5.74, 6) is -1.20. The van der Waals surface area contributed by atoms with Gasteiger partial charge < -0.3 is 4.74 Å². The van der Waals surface area contributed by atoms with Gasteiger partial charge in [-0.2, -0.15) is 13.2 Å². The van der Waals surface area contributed by atoms with Gasteiger partial charge in [0.2, 0.25) is 0 Å². The number of hydrogen-bond donors (Lipinski definition) is 0. The van der Waals surface area contributed by atoms with Crippen molar-refractivity contribution in [2.75, 3.05) is 12.0 Å². The molecular weight excluding hydrogens is 395 g/mol. The van der Waals surface area contributed by atoms with E-state index >= 15 is 0 Å². The minimum Gasteiger partial charge on any atom is -0.466 e. The largest absolute Gasteiger partial charge is 0.466 e. The van der Waals surface area contributed by atoms with Crippen LogP contribution in [0.2, 0.25) is 0 Å². The maximum atomic E-state index is 13.1. The highest BCUT2D eigenvalue weighted by molar-refractivity contribution is 8.19. The second-order valence-corrected chi connectivity index (χ2v) is 6.41. The molecule has 0 aliphatic carbocycles. The maximum Gasteiger partial charge on any atom is 0.416 e. The number of aliphatic imine (C=N–C) groups is 1. The summed E-state index contributed by atoms with van der Waals surface area (Å²) in [5, 5.41) is 0.0678. The van der Waals surface area contributed by atoms with Crippen LogP contribution in [0.4, 0.5) is 24.7 Å². The Kier molecular flexibility index (Phi) is 5.50. The molecule has 2 heterocycles. The van der Waals surface area contributed by atoms with Crippen molar-refractivity contribution in [3.8, 4) is 0 Å². The monoisotopic (exact) mass is 407 g/mol. The SMILES string of the molecule is COC(=O)/C=C1\SC(=Nc2ccccn2)N(c2cccc(C(F)(F)F)c2)C1=O. The summed E-state index contributed by atoms with van der Waals surface area (Å²) in [6.07, 6.45) is -2.12. The molecular formula is C18H12F3N3O3S. The van der Waals surface area contributed by atoms with Gasteiger partial charge in [-0.1, -0.05) is 12.1 Å². The van der Waals surface area contributed by atoms with E-state index < -0.39 is 23.6 Å². The highest BCUT2D eigenvalue weighted by atomic mass is 32.2. The number of alkyl halides is 3. The number of thioether (sulfide) groups is 1. The Morgan fingerprint density at radius 2 is 2.04 bits per heavy atom. The van der Waals surface area contributed by atoms with Crippen LogP contribution in [0.5, 0.6) is 0 Å². The van der Waals surface area contributed by atoms with Crippen LogP contribution in [0.15, 0.2) is 64.6 Å². The molecule has 0 N–H and O–H groups in total. The van der Waals surface area contributed by atoms with E-state index in [1.54, 1.807) is 18.2 Å². The molecule has 3 rings (SSSR count). The van der Waals surface area contributed by atoms with E-state index in [0.717, 1.165) is 42.0 Å². The van der Waals surface area contributed by atoms with Gasteiger partial charge in [0, 0.05) is 12.3 Å². The van der Waals surface area contributed by atoms with Crippen molar-refractivity contribution in [3.05, 3.63) is 65.2 Å². The first kappa shape index (κ1) is 19.6. The second kappa shape index (κ2) is 7.85. The van der Waals surface area contributed by atoms with Gasteiger partial charge in [-0.25, -0.2) is 14.8 Å². The molecule has 0 unspecified atom stereocenters. The lowest BCUT2D eigenvalue weighted by atomic mass is 10.2. The van der Waals surface area contributed by atoms with Crippen LogP contribution in [-0.4, -0.2) is 29.1 Å². The zero-order chi connectivity index (χ0) is 20.3. The quantitative estimate of drug-likeness (QED) is 0.570. The molecule has 2 aromatic rings. The molecule has 0 radical (unpaired) electrons. The van der Waals surface area contributed by atoms with Crippen LogP contribution in [0.3, 0.4) is 0 Å².